The van der Waals surface area contributed by atoms with Gasteiger partial charge in [0.05, 0.1) is 17.5 Å². The molecule has 0 atom stereocenters. The first-order valence-electron chi connectivity index (χ1n) is 12.1. The Hall–Kier alpha value is -4.68. The first-order valence-corrected chi connectivity index (χ1v) is 12.5. The topological polar surface area (TPSA) is 68.5 Å². The van der Waals surface area contributed by atoms with E-state index in [0.29, 0.717) is 22.9 Å². The maximum Gasteiger partial charge on any atom is 0.275 e. The quantitative estimate of drug-likeness (QED) is 0.180. The molecule has 0 bridgehead atoms. The van der Waals surface area contributed by atoms with Crippen LogP contribution in [0.5, 0.6) is 5.75 Å². The molecule has 1 heterocycles. The fraction of sp³-hybridized carbons (Fsp3) is 0.0645. The highest BCUT2D eigenvalue weighted by Gasteiger charge is 2.14. The van der Waals surface area contributed by atoms with Crippen LogP contribution < -0.4 is 10.2 Å². The molecule has 4 aromatic carbocycles. The molecule has 7 heteroatoms. The second kappa shape index (κ2) is 11.6. The molecule has 0 radical (unpaired) electrons. The molecule has 0 spiro atoms. The van der Waals surface area contributed by atoms with Crippen molar-refractivity contribution < 1.29 is 9.53 Å². The Bertz CT molecular complexity index is 1560. The molecule has 0 aliphatic rings. The lowest BCUT2D eigenvalue weighted by Gasteiger charge is -2.10. The Kier molecular flexibility index (Phi) is 7.62. The second-order valence-corrected chi connectivity index (χ2v) is 9.13. The van der Waals surface area contributed by atoms with Gasteiger partial charge in [0, 0.05) is 22.3 Å². The molecule has 0 aliphatic heterocycles. The van der Waals surface area contributed by atoms with Crippen molar-refractivity contribution in [1.29, 1.82) is 0 Å². The number of amides is 1. The van der Waals surface area contributed by atoms with Gasteiger partial charge in [-0.2, -0.15) is 10.2 Å². The van der Waals surface area contributed by atoms with Crippen molar-refractivity contribution in [3.05, 3.63) is 137 Å². The number of nitrogens with one attached hydrogen (secondary N) is 1. The van der Waals surface area contributed by atoms with E-state index < -0.39 is 0 Å². The van der Waals surface area contributed by atoms with Crippen LogP contribution in [0.1, 0.15) is 27.0 Å². The predicted molar refractivity (Wildman–Crippen MR) is 151 cm³/mol. The van der Waals surface area contributed by atoms with Crippen LogP contribution in [0.25, 0.3) is 16.9 Å². The molecule has 188 valence electrons. The summed E-state index contributed by atoms with van der Waals surface area (Å²) < 4.78 is 7.72. The van der Waals surface area contributed by atoms with Crippen LogP contribution in [0, 0.1) is 6.92 Å². The Morgan fingerprint density at radius 2 is 1.66 bits per heavy atom. The van der Waals surface area contributed by atoms with Crippen LogP contribution in [-0.2, 0) is 6.61 Å². The lowest BCUT2D eigenvalue weighted by Crippen LogP contribution is -2.18. The fourth-order valence-electron chi connectivity index (χ4n) is 3.87. The summed E-state index contributed by atoms with van der Waals surface area (Å²) in [6.07, 6.45) is 3.50. The number of ether oxygens (including phenoxy) is 1. The van der Waals surface area contributed by atoms with Crippen molar-refractivity contribution in [2.24, 2.45) is 5.10 Å². The second-order valence-electron chi connectivity index (χ2n) is 8.69. The summed E-state index contributed by atoms with van der Waals surface area (Å²) in [4.78, 5) is 13.0. The van der Waals surface area contributed by atoms with E-state index in [1.807, 2.05) is 85.9 Å². The minimum Gasteiger partial charge on any atom is -0.488 e. The van der Waals surface area contributed by atoms with Crippen LogP contribution in [0.15, 0.2) is 114 Å². The number of nitrogens with zero attached hydrogens (tertiary/aromatic N) is 3. The number of carbonyl (C=O) groups is 1. The summed E-state index contributed by atoms with van der Waals surface area (Å²) >= 11 is 5.96. The highest BCUT2D eigenvalue weighted by molar-refractivity contribution is 6.30. The number of rotatable bonds is 8. The molecule has 38 heavy (non-hydrogen) atoms. The summed E-state index contributed by atoms with van der Waals surface area (Å²) in [6, 6.07) is 32.4. The van der Waals surface area contributed by atoms with E-state index in [0.717, 1.165) is 33.6 Å². The Morgan fingerprint density at radius 3 is 2.42 bits per heavy atom. The number of hydrogen-bond donors (Lipinski definition) is 1. The lowest BCUT2D eigenvalue weighted by atomic mass is 10.1. The number of halogens is 1. The van der Waals surface area contributed by atoms with Gasteiger partial charge in [-0.1, -0.05) is 83.9 Å². The van der Waals surface area contributed by atoms with Gasteiger partial charge in [0.2, 0.25) is 0 Å². The molecular weight excluding hydrogens is 496 g/mol. The van der Waals surface area contributed by atoms with E-state index in [2.05, 4.69) is 10.5 Å². The van der Waals surface area contributed by atoms with Crippen LogP contribution in [0.4, 0.5) is 0 Å². The fourth-order valence-corrected chi connectivity index (χ4v) is 4.00. The monoisotopic (exact) mass is 520 g/mol. The van der Waals surface area contributed by atoms with E-state index in [4.69, 9.17) is 21.4 Å². The molecule has 1 amide bonds. The molecule has 5 rings (SSSR count). The summed E-state index contributed by atoms with van der Waals surface area (Å²) in [5, 5.41) is 9.70. The van der Waals surface area contributed by atoms with Crippen LogP contribution >= 0.6 is 11.6 Å². The molecule has 6 nitrogen and oxygen atoms in total. The molecule has 0 unspecified atom stereocenters. The highest BCUT2D eigenvalue weighted by atomic mass is 35.5. The Morgan fingerprint density at radius 1 is 0.947 bits per heavy atom. The number of para-hydroxylation sites is 2. The average Bonchev–Trinajstić information content (AvgIpc) is 3.38. The van der Waals surface area contributed by atoms with Gasteiger partial charge in [0.1, 0.15) is 18.1 Å². The minimum atomic E-state index is -0.375. The highest BCUT2D eigenvalue weighted by Crippen LogP contribution is 2.24. The smallest absolute Gasteiger partial charge is 0.275 e. The predicted octanol–water partition coefficient (Wildman–Crippen LogP) is 6.84. The van der Waals surface area contributed by atoms with E-state index in [1.54, 1.807) is 41.2 Å². The molecule has 0 fully saturated rings. The van der Waals surface area contributed by atoms with Crippen molar-refractivity contribution in [1.82, 2.24) is 15.2 Å². The van der Waals surface area contributed by atoms with Crippen LogP contribution in [0.3, 0.4) is 0 Å². The van der Waals surface area contributed by atoms with Crippen LogP contribution in [-0.4, -0.2) is 21.9 Å². The Balaban J connectivity index is 1.35. The first kappa shape index (κ1) is 25.0. The van der Waals surface area contributed by atoms with E-state index in [-0.39, 0.29) is 5.91 Å². The number of aryl methyl sites for hydroxylation is 1. The summed E-state index contributed by atoms with van der Waals surface area (Å²) in [5.74, 6) is 0.0904. The van der Waals surface area contributed by atoms with Crippen molar-refractivity contribution in [2.45, 2.75) is 13.5 Å². The number of benzene rings is 4. The van der Waals surface area contributed by atoms with Crippen molar-refractivity contribution in [3.8, 4) is 22.7 Å². The summed E-state index contributed by atoms with van der Waals surface area (Å²) in [7, 11) is 0. The Labute approximate surface area is 226 Å². The van der Waals surface area contributed by atoms with Crippen molar-refractivity contribution >= 4 is 23.7 Å². The van der Waals surface area contributed by atoms with Gasteiger partial charge < -0.3 is 4.74 Å². The third-order valence-electron chi connectivity index (χ3n) is 5.90. The number of hydrogen-bond acceptors (Lipinski definition) is 4. The zero-order valence-electron chi connectivity index (χ0n) is 20.7. The standard InChI is InChI=1S/C31H25ClN4O2/c1-22-11-15-24(16-12-22)30-25(20-36(35-30)27-7-3-2-4-8-27)19-33-34-31(37)28-9-5-6-10-29(28)38-21-23-13-17-26(32)18-14-23/h2-20H,21H2,1H3,(H,34,37)/b33-19-. The maximum absolute atomic E-state index is 13.0. The summed E-state index contributed by atoms with van der Waals surface area (Å²) in [6.45, 7) is 2.35. The lowest BCUT2D eigenvalue weighted by molar-refractivity contribution is 0.0950. The van der Waals surface area contributed by atoms with E-state index >= 15 is 0 Å². The third kappa shape index (κ3) is 5.99. The zero-order chi connectivity index (χ0) is 26.3. The van der Waals surface area contributed by atoms with Crippen molar-refractivity contribution in [3.63, 3.8) is 0 Å². The molecule has 1 N–H and O–H groups in total. The van der Waals surface area contributed by atoms with Gasteiger partial charge in [0.25, 0.3) is 5.91 Å². The largest absolute Gasteiger partial charge is 0.488 e. The van der Waals surface area contributed by atoms with E-state index in [1.165, 1.54) is 0 Å². The number of carbonyl (C=O) groups excluding carboxylic acids is 1. The minimum absolute atomic E-state index is 0.309. The van der Waals surface area contributed by atoms with Gasteiger partial charge >= 0.3 is 0 Å². The number of hydrazone groups is 1. The van der Waals surface area contributed by atoms with E-state index in [9.17, 15) is 4.79 Å². The number of aromatic nitrogens is 2. The SMILES string of the molecule is Cc1ccc(-c2nn(-c3ccccc3)cc2/C=N\NC(=O)c2ccccc2OCc2ccc(Cl)cc2)cc1. The average molecular weight is 521 g/mol. The van der Waals surface area contributed by atoms with Gasteiger partial charge in [-0.25, -0.2) is 10.1 Å². The van der Waals surface area contributed by atoms with Gasteiger partial charge in [-0.15, -0.1) is 0 Å². The maximum atomic E-state index is 13.0. The molecule has 5 aromatic rings. The molecule has 0 saturated heterocycles. The van der Waals surface area contributed by atoms with Gasteiger partial charge in [-0.3, -0.25) is 4.79 Å². The van der Waals surface area contributed by atoms with Gasteiger partial charge in [0.15, 0.2) is 0 Å². The summed E-state index contributed by atoms with van der Waals surface area (Å²) in [5.41, 5.74) is 8.54. The molecular formula is C31H25ClN4O2. The zero-order valence-corrected chi connectivity index (χ0v) is 21.5. The molecule has 0 aliphatic carbocycles. The van der Waals surface area contributed by atoms with Gasteiger partial charge in [-0.05, 0) is 48.9 Å². The molecule has 1 aromatic heterocycles. The van der Waals surface area contributed by atoms with Crippen molar-refractivity contribution in [2.75, 3.05) is 0 Å². The molecule has 0 saturated carbocycles. The first-order chi connectivity index (χ1) is 18.6. The van der Waals surface area contributed by atoms with Crippen LogP contribution in [0.2, 0.25) is 5.02 Å². The normalized spacial score (nSPS) is 11.0. The third-order valence-corrected chi connectivity index (χ3v) is 6.15.